The van der Waals surface area contributed by atoms with Crippen molar-refractivity contribution in [3.63, 3.8) is 0 Å². The van der Waals surface area contributed by atoms with E-state index >= 15 is 0 Å². The van der Waals surface area contributed by atoms with Gasteiger partial charge in [-0.05, 0) is 46.4 Å². The zero-order valence-corrected chi connectivity index (χ0v) is 8.50. The van der Waals surface area contributed by atoms with Crippen molar-refractivity contribution in [1.29, 1.82) is 0 Å². The number of halogens is 1. The summed E-state index contributed by atoms with van der Waals surface area (Å²) in [5, 5.41) is 10.1. The molecule has 2 nitrogen and oxygen atoms in total. The molecular formula is C9H8INO. The Morgan fingerprint density at radius 2 is 2.17 bits per heavy atom. The lowest BCUT2D eigenvalue weighted by molar-refractivity contribution is 0.282. The minimum atomic E-state index is 0.109. The molecule has 12 heavy (non-hydrogen) atoms. The number of H-pyrrole nitrogens is 1. The fourth-order valence-corrected chi connectivity index (χ4v) is 1.87. The first-order valence-electron chi connectivity index (χ1n) is 3.67. The molecular weight excluding hydrogens is 265 g/mol. The lowest BCUT2D eigenvalue weighted by Gasteiger charge is -1.94. The van der Waals surface area contributed by atoms with E-state index in [2.05, 4.69) is 33.6 Å². The molecule has 2 aromatic rings. The Morgan fingerprint density at radius 3 is 2.92 bits per heavy atom. The average molecular weight is 273 g/mol. The highest BCUT2D eigenvalue weighted by Crippen LogP contribution is 2.18. The first-order valence-corrected chi connectivity index (χ1v) is 4.75. The van der Waals surface area contributed by atoms with Crippen LogP contribution in [0, 0.1) is 3.70 Å². The number of hydrogen-bond donors (Lipinski definition) is 2. The second kappa shape index (κ2) is 3.06. The fraction of sp³-hybridized carbons (Fsp3) is 0.111. The van der Waals surface area contributed by atoms with E-state index in [1.807, 2.05) is 18.2 Å². The molecule has 2 rings (SSSR count). The van der Waals surface area contributed by atoms with Crippen LogP contribution in [0.1, 0.15) is 5.56 Å². The maximum absolute atomic E-state index is 8.89. The number of hydrogen-bond acceptors (Lipinski definition) is 1. The van der Waals surface area contributed by atoms with E-state index in [9.17, 15) is 0 Å². The molecule has 1 aromatic carbocycles. The zero-order valence-electron chi connectivity index (χ0n) is 6.34. The lowest BCUT2D eigenvalue weighted by Crippen LogP contribution is -1.80. The van der Waals surface area contributed by atoms with Gasteiger partial charge < -0.3 is 10.1 Å². The van der Waals surface area contributed by atoms with Crippen LogP contribution in [0.3, 0.4) is 0 Å². The lowest BCUT2D eigenvalue weighted by atomic mass is 10.2. The number of aromatic amines is 1. The van der Waals surface area contributed by atoms with Crippen LogP contribution in [-0.2, 0) is 6.61 Å². The number of rotatable bonds is 1. The molecule has 0 spiro atoms. The first-order chi connectivity index (χ1) is 5.79. The van der Waals surface area contributed by atoms with Gasteiger partial charge in [0.1, 0.15) is 0 Å². The average Bonchev–Trinajstić information content (AvgIpc) is 2.43. The van der Waals surface area contributed by atoms with Crippen molar-refractivity contribution in [2.45, 2.75) is 6.61 Å². The van der Waals surface area contributed by atoms with Crippen molar-refractivity contribution in [3.8, 4) is 0 Å². The molecule has 2 N–H and O–H groups in total. The quantitative estimate of drug-likeness (QED) is 0.768. The van der Waals surface area contributed by atoms with Crippen LogP contribution in [0.25, 0.3) is 10.9 Å². The molecule has 0 radical (unpaired) electrons. The van der Waals surface area contributed by atoms with Crippen LogP contribution in [0.15, 0.2) is 24.3 Å². The van der Waals surface area contributed by atoms with Crippen molar-refractivity contribution in [2.75, 3.05) is 0 Å². The normalized spacial score (nSPS) is 10.8. The number of aromatic nitrogens is 1. The Morgan fingerprint density at radius 1 is 1.33 bits per heavy atom. The Hall–Kier alpha value is -0.550. The molecule has 0 saturated carbocycles. The number of fused-ring (bicyclic) bond motifs is 1. The van der Waals surface area contributed by atoms with Crippen LogP contribution in [-0.4, -0.2) is 10.1 Å². The first kappa shape index (κ1) is 8.07. The van der Waals surface area contributed by atoms with Gasteiger partial charge in [-0.3, -0.25) is 0 Å². The van der Waals surface area contributed by atoms with E-state index in [0.717, 1.165) is 20.2 Å². The number of aliphatic hydroxyl groups is 1. The van der Waals surface area contributed by atoms with Crippen LogP contribution in [0.5, 0.6) is 0 Å². The summed E-state index contributed by atoms with van der Waals surface area (Å²) in [5.74, 6) is 0. The van der Waals surface area contributed by atoms with E-state index < -0.39 is 0 Å². The van der Waals surface area contributed by atoms with E-state index in [-0.39, 0.29) is 6.61 Å². The summed E-state index contributed by atoms with van der Waals surface area (Å²) >= 11 is 2.24. The summed E-state index contributed by atoms with van der Waals surface area (Å²) in [6.07, 6.45) is 0. The molecule has 0 aliphatic heterocycles. The highest BCUT2D eigenvalue weighted by Gasteiger charge is 1.98. The SMILES string of the molecule is OCc1ccc2[nH]c(I)cc2c1. The van der Waals surface area contributed by atoms with E-state index in [1.165, 1.54) is 0 Å². The van der Waals surface area contributed by atoms with E-state index in [1.54, 1.807) is 0 Å². The molecule has 62 valence electrons. The fourth-order valence-electron chi connectivity index (χ4n) is 1.25. The predicted octanol–water partition coefficient (Wildman–Crippen LogP) is 2.26. The largest absolute Gasteiger partial charge is 0.392 e. The van der Waals surface area contributed by atoms with Gasteiger partial charge in [0, 0.05) is 10.9 Å². The smallest absolute Gasteiger partial charge is 0.0782 e. The minimum Gasteiger partial charge on any atom is -0.392 e. The number of nitrogens with one attached hydrogen (secondary N) is 1. The van der Waals surface area contributed by atoms with Gasteiger partial charge in [-0.15, -0.1) is 0 Å². The van der Waals surface area contributed by atoms with Crippen molar-refractivity contribution < 1.29 is 5.11 Å². The molecule has 1 heterocycles. The highest BCUT2D eigenvalue weighted by molar-refractivity contribution is 14.1. The molecule has 0 aliphatic rings. The van der Waals surface area contributed by atoms with Crippen molar-refractivity contribution in [3.05, 3.63) is 33.5 Å². The van der Waals surface area contributed by atoms with Crippen LogP contribution >= 0.6 is 22.6 Å². The van der Waals surface area contributed by atoms with Crippen LogP contribution in [0.2, 0.25) is 0 Å². The second-order valence-electron chi connectivity index (χ2n) is 2.70. The van der Waals surface area contributed by atoms with Gasteiger partial charge in [0.2, 0.25) is 0 Å². The van der Waals surface area contributed by atoms with Gasteiger partial charge in [0.15, 0.2) is 0 Å². The topological polar surface area (TPSA) is 36.0 Å². The van der Waals surface area contributed by atoms with Crippen LogP contribution in [0.4, 0.5) is 0 Å². The third kappa shape index (κ3) is 1.34. The van der Waals surface area contributed by atoms with E-state index in [4.69, 9.17) is 5.11 Å². The summed E-state index contributed by atoms with van der Waals surface area (Å²) in [6.45, 7) is 0.109. The Balaban J connectivity index is 2.66. The minimum absolute atomic E-state index is 0.109. The molecule has 0 atom stereocenters. The van der Waals surface area contributed by atoms with Crippen molar-refractivity contribution in [1.82, 2.24) is 4.98 Å². The van der Waals surface area contributed by atoms with Crippen molar-refractivity contribution >= 4 is 33.5 Å². The molecule has 1 aromatic heterocycles. The standard InChI is InChI=1S/C9H8INO/c10-9-4-7-3-6(5-12)1-2-8(7)11-9/h1-4,11-12H,5H2. The van der Waals surface area contributed by atoms with Gasteiger partial charge in [-0.25, -0.2) is 0 Å². The summed E-state index contributed by atoms with van der Waals surface area (Å²) in [4.78, 5) is 3.21. The molecule has 0 fully saturated rings. The molecule has 0 saturated heterocycles. The molecule has 0 amide bonds. The summed E-state index contributed by atoms with van der Waals surface area (Å²) in [7, 11) is 0. The summed E-state index contributed by atoms with van der Waals surface area (Å²) in [6, 6.07) is 7.97. The van der Waals surface area contributed by atoms with Crippen molar-refractivity contribution in [2.24, 2.45) is 0 Å². The van der Waals surface area contributed by atoms with E-state index in [0.29, 0.717) is 0 Å². The van der Waals surface area contributed by atoms with Crippen LogP contribution < -0.4 is 0 Å². The Bertz CT molecular complexity index is 408. The molecule has 0 bridgehead atoms. The number of aliphatic hydroxyl groups excluding tert-OH is 1. The monoisotopic (exact) mass is 273 g/mol. The maximum Gasteiger partial charge on any atom is 0.0782 e. The predicted molar refractivity (Wildman–Crippen MR) is 56.9 cm³/mol. The van der Waals surface area contributed by atoms with Gasteiger partial charge in [-0.1, -0.05) is 6.07 Å². The zero-order chi connectivity index (χ0) is 8.55. The summed E-state index contributed by atoms with van der Waals surface area (Å²) in [5.41, 5.74) is 2.08. The van der Waals surface area contributed by atoms with Gasteiger partial charge in [0.25, 0.3) is 0 Å². The van der Waals surface area contributed by atoms with Gasteiger partial charge in [0.05, 0.1) is 10.3 Å². The molecule has 0 aliphatic carbocycles. The third-order valence-electron chi connectivity index (χ3n) is 1.83. The third-order valence-corrected chi connectivity index (χ3v) is 2.42. The van der Waals surface area contributed by atoms with Gasteiger partial charge >= 0.3 is 0 Å². The molecule has 3 heteroatoms. The maximum atomic E-state index is 8.89. The summed E-state index contributed by atoms with van der Waals surface area (Å²) < 4.78 is 1.12. The Kier molecular flexibility index (Phi) is 2.06. The van der Waals surface area contributed by atoms with Gasteiger partial charge in [-0.2, -0.15) is 0 Å². The Labute approximate surface area is 83.7 Å². The highest BCUT2D eigenvalue weighted by atomic mass is 127. The number of benzene rings is 1. The molecule has 0 unspecified atom stereocenters. The second-order valence-corrected chi connectivity index (χ2v) is 3.86.